The Kier molecular flexibility index (Phi) is 11.3. The second kappa shape index (κ2) is 14.4. The second-order valence-corrected chi connectivity index (χ2v) is 9.33. The standard InChI is InChI=1S/C26H41N13/c1-16-12-22(37-26(33)38(16)4)39(11-9-7-5-6-8-10-34-23(27)28)21-14-19(17(2)35-24(29)30)13-20(15-21)18(3)36-25(31)32/h12-15,33H,5-11H2,1-4H3,(H10,27,28,29,30,31,32,34)/p+1/b35-17+,36-18+. The molecule has 0 unspecified atom stereocenters. The SMILES string of the molecule is C/C(=N\C(=N)N)c1cc(/C(C)=N/C(=N)N)cc(N(CCCCCCCN=C(N)N)c2cc(C)[n+](C)c(N)n2)c1. The van der Waals surface area contributed by atoms with Crippen molar-refractivity contribution >= 4 is 46.8 Å². The highest BCUT2D eigenvalue weighted by molar-refractivity contribution is 6.10. The number of anilines is 3. The monoisotopic (exact) mass is 536 g/mol. The Bertz CT molecular complexity index is 1200. The average Bonchev–Trinajstić information content (AvgIpc) is 2.84. The highest BCUT2D eigenvalue weighted by atomic mass is 15.2. The first-order valence-electron chi connectivity index (χ1n) is 12.8. The van der Waals surface area contributed by atoms with Crippen LogP contribution in [0, 0.1) is 17.7 Å². The van der Waals surface area contributed by atoms with Gasteiger partial charge in [-0.05, 0) is 62.9 Å². The fraction of sp³-hybridized carbons (Fsp3) is 0.423. The van der Waals surface area contributed by atoms with Crippen LogP contribution in [0.5, 0.6) is 0 Å². The molecule has 1 aromatic carbocycles. The van der Waals surface area contributed by atoms with Gasteiger partial charge in [-0.15, -0.1) is 0 Å². The zero-order valence-electron chi connectivity index (χ0n) is 23.3. The Morgan fingerprint density at radius 3 is 1.92 bits per heavy atom. The van der Waals surface area contributed by atoms with Gasteiger partial charge in [0.1, 0.15) is 0 Å². The van der Waals surface area contributed by atoms with Crippen LogP contribution in [0.15, 0.2) is 39.2 Å². The van der Waals surface area contributed by atoms with Gasteiger partial charge in [0.15, 0.2) is 5.96 Å². The molecule has 0 fully saturated rings. The Morgan fingerprint density at radius 2 is 1.41 bits per heavy atom. The van der Waals surface area contributed by atoms with Gasteiger partial charge >= 0.3 is 5.95 Å². The number of benzene rings is 1. The molecule has 210 valence electrons. The highest BCUT2D eigenvalue weighted by Crippen LogP contribution is 2.28. The maximum absolute atomic E-state index is 7.60. The average molecular weight is 537 g/mol. The minimum absolute atomic E-state index is 0.123. The van der Waals surface area contributed by atoms with Crippen LogP contribution in [-0.2, 0) is 7.05 Å². The van der Waals surface area contributed by atoms with Gasteiger partial charge in [-0.3, -0.25) is 21.5 Å². The summed E-state index contributed by atoms with van der Waals surface area (Å²) >= 11 is 0. The molecular formula is C26H42N13+. The van der Waals surface area contributed by atoms with Gasteiger partial charge in [0.05, 0.1) is 12.7 Å². The predicted octanol–water partition coefficient (Wildman–Crippen LogP) is 1.56. The number of aliphatic imine (C=N–C) groups is 3. The van der Waals surface area contributed by atoms with Crippen molar-refractivity contribution in [2.24, 2.45) is 45.0 Å². The fourth-order valence-corrected chi connectivity index (χ4v) is 4.00. The number of unbranched alkanes of at least 4 members (excludes halogenated alkanes) is 4. The zero-order valence-corrected chi connectivity index (χ0v) is 23.3. The first-order chi connectivity index (χ1) is 18.4. The lowest BCUT2D eigenvalue weighted by Gasteiger charge is -2.24. The van der Waals surface area contributed by atoms with E-state index in [0.29, 0.717) is 36.3 Å². The molecule has 0 amide bonds. The van der Waals surface area contributed by atoms with Crippen LogP contribution in [-0.4, -0.2) is 47.4 Å². The summed E-state index contributed by atoms with van der Waals surface area (Å²) in [6.07, 6.45) is 4.93. The maximum atomic E-state index is 7.60. The number of aryl methyl sites for hydroxylation is 1. The third kappa shape index (κ3) is 9.68. The third-order valence-electron chi connectivity index (χ3n) is 6.19. The molecule has 2 rings (SSSR count). The smallest absolute Gasteiger partial charge is 0.370 e. The molecule has 1 heterocycles. The molecule has 0 saturated carbocycles. The molecular weight excluding hydrogens is 494 g/mol. The van der Waals surface area contributed by atoms with Crippen LogP contribution in [0.1, 0.15) is 62.8 Å². The van der Waals surface area contributed by atoms with Gasteiger partial charge in [0.25, 0.3) is 0 Å². The minimum atomic E-state index is -0.286. The largest absolute Gasteiger partial charge is 0.391 e. The first kappa shape index (κ1) is 30.7. The van der Waals surface area contributed by atoms with E-state index in [4.69, 9.17) is 39.5 Å². The van der Waals surface area contributed by atoms with E-state index in [1.165, 1.54) is 0 Å². The summed E-state index contributed by atoms with van der Waals surface area (Å²) < 4.78 is 1.83. The number of hydrogen-bond acceptors (Lipinski definition) is 6. The van der Waals surface area contributed by atoms with E-state index < -0.39 is 0 Å². The maximum Gasteiger partial charge on any atom is 0.391 e. The molecule has 1 aromatic heterocycles. The van der Waals surface area contributed by atoms with Gasteiger partial charge < -0.3 is 27.8 Å². The summed E-state index contributed by atoms with van der Waals surface area (Å²) in [5, 5.41) is 15.2. The molecule has 0 spiro atoms. The molecule has 39 heavy (non-hydrogen) atoms. The minimum Gasteiger partial charge on any atom is -0.370 e. The van der Waals surface area contributed by atoms with Crippen molar-refractivity contribution in [1.82, 2.24) is 4.98 Å². The number of nitrogen functional groups attached to an aromatic ring is 1. The van der Waals surface area contributed by atoms with Crippen molar-refractivity contribution in [2.75, 3.05) is 23.7 Å². The number of nitrogens with two attached hydrogens (primary N) is 5. The number of rotatable bonds is 12. The van der Waals surface area contributed by atoms with Crippen LogP contribution in [0.25, 0.3) is 0 Å². The number of nitrogens with one attached hydrogen (secondary N) is 2. The lowest BCUT2D eigenvalue weighted by molar-refractivity contribution is -0.665. The zero-order chi connectivity index (χ0) is 29.1. The van der Waals surface area contributed by atoms with E-state index in [1.54, 1.807) is 13.8 Å². The van der Waals surface area contributed by atoms with E-state index in [2.05, 4.69) is 24.9 Å². The molecule has 0 aliphatic heterocycles. The molecule has 0 aliphatic rings. The molecule has 0 saturated heterocycles. The fourth-order valence-electron chi connectivity index (χ4n) is 4.00. The van der Waals surface area contributed by atoms with E-state index in [9.17, 15) is 0 Å². The molecule has 12 N–H and O–H groups in total. The van der Waals surface area contributed by atoms with Gasteiger partial charge in [0, 0.05) is 36.3 Å². The Hall–Kier alpha value is -4.55. The number of guanidine groups is 3. The second-order valence-electron chi connectivity index (χ2n) is 9.33. The highest BCUT2D eigenvalue weighted by Gasteiger charge is 2.20. The third-order valence-corrected chi connectivity index (χ3v) is 6.19. The first-order valence-corrected chi connectivity index (χ1v) is 12.8. The Balaban J connectivity index is 2.48. The van der Waals surface area contributed by atoms with Crippen LogP contribution in [0.2, 0.25) is 0 Å². The number of nitrogens with zero attached hydrogens (tertiary/aromatic N) is 6. The van der Waals surface area contributed by atoms with Gasteiger partial charge in [0.2, 0.25) is 17.7 Å². The topological polar surface area (TPSA) is 235 Å². The molecule has 0 aliphatic carbocycles. The summed E-state index contributed by atoms with van der Waals surface area (Å²) in [6, 6.07) is 7.83. The van der Waals surface area contributed by atoms with E-state index in [1.807, 2.05) is 42.8 Å². The van der Waals surface area contributed by atoms with Crippen LogP contribution in [0.4, 0.5) is 17.5 Å². The summed E-state index contributed by atoms with van der Waals surface area (Å²) in [7, 11) is 1.87. The van der Waals surface area contributed by atoms with Crippen molar-refractivity contribution < 1.29 is 4.57 Å². The summed E-state index contributed by atoms with van der Waals surface area (Å²) in [5.74, 6) is 0.658. The van der Waals surface area contributed by atoms with Crippen LogP contribution < -0.4 is 38.1 Å². The normalized spacial score (nSPS) is 11.8. The lowest BCUT2D eigenvalue weighted by Crippen LogP contribution is -2.37. The number of hydrogen-bond donors (Lipinski definition) is 7. The summed E-state index contributed by atoms with van der Waals surface area (Å²) in [6.45, 7) is 6.87. The van der Waals surface area contributed by atoms with Gasteiger partial charge in [-0.1, -0.05) is 24.2 Å². The molecule has 2 aromatic rings. The molecule has 13 nitrogen and oxygen atoms in total. The van der Waals surface area contributed by atoms with Crippen molar-refractivity contribution in [1.29, 1.82) is 10.8 Å². The molecule has 0 bridgehead atoms. The van der Waals surface area contributed by atoms with Crippen molar-refractivity contribution in [3.05, 3.63) is 41.1 Å². The van der Waals surface area contributed by atoms with Crippen molar-refractivity contribution in [3.8, 4) is 0 Å². The van der Waals surface area contributed by atoms with Crippen LogP contribution >= 0.6 is 0 Å². The van der Waals surface area contributed by atoms with Gasteiger partial charge in [-0.25, -0.2) is 14.6 Å². The predicted molar refractivity (Wildman–Crippen MR) is 160 cm³/mol. The molecule has 0 radical (unpaired) electrons. The van der Waals surface area contributed by atoms with E-state index in [-0.39, 0.29) is 17.9 Å². The lowest BCUT2D eigenvalue weighted by atomic mass is 10.0. The molecule has 0 atom stereocenters. The summed E-state index contributed by atoms with van der Waals surface area (Å²) in [4.78, 5) is 19.1. The number of aromatic nitrogens is 2. The Labute approximate surface area is 229 Å². The summed E-state index contributed by atoms with van der Waals surface area (Å²) in [5.41, 5.74) is 32.6. The van der Waals surface area contributed by atoms with Crippen molar-refractivity contribution in [2.45, 2.75) is 52.9 Å². The van der Waals surface area contributed by atoms with E-state index >= 15 is 0 Å². The Morgan fingerprint density at radius 1 is 0.872 bits per heavy atom. The van der Waals surface area contributed by atoms with Crippen molar-refractivity contribution in [3.63, 3.8) is 0 Å². The van der Waals surface area contributed by atoms with E-state index in [0.717, 1.165) is 54.6 Å². The van der Waals surface area contributed by atoms with Crippen LogP contribution in [0.3, 0.4) is 0 Å². The quantitative estimate of drug-likeness (QED) is 0.0913. The molecule has 13 heteroatoms. The van der Waals surface area contributed by atoms with Gasteiger partial charge in [-0.2, -0.15) is 0 Å².